The highest BCUT2D eigenvalue weighted by Crippen LogP contribution is 2.45. The van der Waals surface area contributed by atoms with Crippen LogP contribution in [0.4, 0.5) is 0 Å². The zero-order valence-electron chi connectivity index (χ0n) is 17.0. The number of aryl methyl sites for hydroxylation is 1. The minimum absolute atomic E-state index is 0.0405. The molecule has 150 valence electrons. The molecule has 2 aromatic carbocycles. The lowest BCUT2D eigenvalue weighted by Crippen LogP contribution is -2.38. The van der Waals surface area contributed by atoms with E-state index in [1.165, 1.54) is 0 Å². The van der Waals surface area contributed by atoms with Crippen molar-refractivity contribution < 1.29 is 19.1 Å². The number of hydrogen-bond donors (Lipinski definition) is 1. The van der Waals surface area contributed by atoms with E-state index in [-0.39, 0.29) is 23.5 Å². The molecule has 1 aliphatic heterocycles. The molecule has 5 heteroatoms. The zero-order chi connectivity index (χ0) is 20.5. The molecule has 0 fully saturated rings. The minimum atomic E-state index is -0.181. The average molecular weight is 391 g/mol. The van der Waals surface area contributed by atoms with Crippen molar-refractivity contribution in [1.29, 1.82) is 0 Å². The first kappa shape index (κ1) is 19.2. The SMILES string of the molecule is COc1ccc(OC)c([C@H]2CC(=O)C3=C(C2)NC(=O)C[C@H]3c2cccc(C)c2)c1. The highest BCUT2D eigenvalue weighted by Gasteiger charge is 2.38. The summed E-state index contributed by atoms with van der Waals surface area (Å²) in [7, 11) is 3.24. The van der Waals surface area contributed by atoms with Crippen molar-refractivity contribution in [2.75, 3.05) is 14.2 Å². The van der Waals surface area contributed by atoms with Gasteiger partial charge in [-0.3, -0.25) is 9.59 Å². The van der Waals surface area contributed by atoms with Crippen LogP contribution in [0.3, 0.4) is 0 Å². The van der Waals surface area contributed by atoms with E-state index >= 15 is 0 Å². The molecule has 0 saturated heterocycles. The van der Waals surface area contributed by atoms with Crippen molar-refractivity contribution in [2.24, 2.45) is 0 Å². The first-order valence-corrected chi connectivity index (χ1v) is 9.84. The van der Waals surface area contributed by atoms with Gasteiger partial charge < -0.3 is 14.8 Å². The molecular formula is C24H25NO4. The van der Waals surface area contributed by atoms with E-state index in [0.717, 1.165) is 39.5 Å². The van der Waals surface area contributed by atoms with Gasteiger partial charge in [-0.25, -0.2) is 0 Å². The second-order valence-electron chi connectivity index (χ2n) is 7.75. The molecule has 0 aromatic heterocycles. The Morgan fingerprint density at radius 3 is 2.52 bits per heavy atom. The molecule has 4 rings (SSSR count). The molecular weight excluding hydrogens is 366 g/mol. The van der Waals surface area contributed by atoms with E-state index in [0.29, 0.717) is 19.3 Å². The molecule has 0 unspecified atom stereocenters. The number of nitrogens with one attached hydrogen (secondary N) is 1. The van der Waals surface area contributed by atoms with Crippen molar-refractivity contribution >= 4 is 11.7 Å². The van der Waals surface area contributed by atoms with Gasteiger partial charge in [0.1, 0.15) is 11.5 Å². The van der Waals surface area contributed by atoms with Crippen molar-refractivity contribution in [3.05, 3.63) is 70.4 Å². The fourth-order valence-corrected chi connectivity index (χ4v) is 4.51. The lowest BCUT2D eigenvalue weighted by molar-refractivity contribution is -0.122. The predicted molar refractivity (Wildman–Crippen MR) is 110 cm³/mol. The Labute approximate surface area is 170 Å². The van der Waals surface area contributed by atoms with Crippen LogP contribution in [0.25, 0.3) is 0 Å². The van der Waals surface area contributed by atoms with Crippen molar-refractivity contribution in [3.8, 4) is 11.5 Å². The van der Waals surface area contributed by atoms with Gasteiger partial charge in [0.15, 0.2) is 5.78 Å². The van der Waals surface area contributed by atoms with Gasteiger partial charge in [0.25, 0.3) is 0 Å². The van der Waals surface area contributed by atoms with Gasteiger partial charge in [-0.05, 0) is 37.1 Å². The molecule has 0 spiro atoms. The number of allylic oxidation sites excluding steroid dienone is 2. The molecule has 2 aromatic rings. The van der Waals surface area contributed by atoms with Crippen LogP contribution in [0, 0.1) is 6.92 Å². The fourth-order valence-electron chi connectivity index (χ4n) is 4.51. The highest BCUT2D eigenvalue weighted by atomic mass is 16.5. The van der Waals surface area contributed by atoms with Gasteiger partial charge in [0.2, 0.25) is 5.91 Å². The summed E-state index contributed by atoms with van der Waals surface area (Å²) >= 11 is 0. The van der Waals surface area contributed by atoms with Gasteiger partial charge in [-0.2, -0.15) is 0 Å². The summed E-state index contributed by atoms with van der Waals surface area (Å²) in [5, 5.41) is 2.98. The maximum Gasteiger partial charge on any atom is 0.225 e. The molecule has 0 saturated carbocycles. The third-order valence-electron chi connectivity index (χ3n) is 5.86. The third-order valence-corrected chi connectivity index (χ3v) is 5.86. The molecule has 0 radical (unpaired) electrons. The smallest absolute Gasteiger partial charge is 0.225 e. The van der Waals surface area contributed by atoms with E-state index in [1.54, 1.807) is 14.2 Å². The first-order chi connectivity index (χ1) is 14.0. The summed E-state index contributed by atoms with van der Waals surface area (Å²) in [4.78, 5) is 25.7. The average Bonchev–Trinajstić information content (AvgIpc) is 2.72. The van der Waals surface area contributed by atoms with Crippen LogP contribution in [0.2, 0.25) is 0 Å². The topological polar surface area (TPSA) is 64.6 Å². The first-order valence-electron chi connectivity index (χ1n) is 9.84. The van der Waals surface area contributed by atoms with Crippen LogP contribution in [0.5, 0.6) is 11.5 Å². The number of amides is 1. The Balaban J connectivity index is 1.74. The maximum absolute atomic E-state index is 13.3. The monoisotopic (exact) mass is 391 g/mol. The molecule has 2 atom stereocenters. The molecule has 0 bridgehead atoms. The van der Waals surface area contributed by atoms with Crippen molar-refractivity contribution in [2.45, 2.75) is 38.0 Å². The van der Waals surface area contributed by atoms with Gasteiger partial charge in [-0.15, -0.1) is 0 Å². The second-order valence-corrected chi connectivity index (χ2v) is 7.75. The number of carbonyl (C=O) groups is 2. The van der Waals surface area contributed by atoms with Crippen LogP contribution >= 0.6 is 0 Å². The van der Waals surface area contributed by atoms with E-state index < -0.39 is 0 Å². The summed E-state index contributed by atoms with van der Waals surface area (Å²) in [5.74, 6) is 1.25. The third kappa shape index (κ3) is 3.65. The Bertz CT molecular complexity index is 1010. The molecule has 29 heavy (non-hydrogen) atoms. The summed E-state index contributed by atoms with van der Waals surface area (Å²) in [6.45, 7) is 2.02. The normalized spacial score (nSPS) is 21.5. The zero-order valence-corrected chi connectivity index (χ0v) is 17.0. The Morgan fingerprint density at radius 2 is 1.79 bits per heavy atom. The van der Waals surface area contributed by atoms with E-state index in [9.17, 15) is 9.59 Å². The molecule has 1 aliphatic carbocycles. The minimum Gasteiger partial charge on any atom is -0.497 e. The predicted octanol–water partition coefficient (Wildman–Crippen LogP) is 4.02. The standard InChI is InChI=1S/C24H25NO4/c1-14-5-4-6-15(9-14)19-13-23(27)25-20-10-16(11-21(26)24(19)20)18-12-17(28-2)7-8-22(18)29-3/h4-9,12,16,19H,10-11,13H2,1-3H3,(H,25,27)/t16-,19+/m1/s1. The van der Waals surface area contributed by atoms with E-state index in [1.807, 2.05) is 43.3 Å². The molecule has 1 N–H and O–H groups in total. The molecule has 5 nitrogen and oxygen atoms in total. The Morgan fingerprint density at radius 1 is 0.966 bits per heavy atom. The highest BCUT2D eigenvalue weighted by molar-refractivity contribution is 6.02. The number of benzene rings is 2. The summed E-state index contributed by atoms with van der Waals surface area (Å²) in [5.41, 5.74) is 4.59. The van der Waals surface area contributed by atoms with Crippen LogP contribution in [0.15, 0.2) is 53.7 Å². The Hall–Kier alpha value is -3.08. The van der Waals surface area contributed by atoms with Crippen molar-refractivity contribution in [1.82, 2.24) is 5.32 Å². The quantitative estimate of drug-likeness (QED) is 0.855. The van der Waals surface area contributed by atoms with E-state index in [2.05, 4.69) is 11.4 Å². The van der Waals surface area contributed by atoms with Gasteiger partial charge >= 0.3 is 0 Å². The number of rotatable bonds is 4. The van der Waals surface area contributed by atoms with Crippen LogP contribution in [0.1, 0.15) is 47.8 Å². The summed E-state index contributed by atoms with van der Waals surface area (Å²) in [6, 6.07) is 13.7. The Kier molecular flexibility index (Phi) is 5.14. The largest absolute Gasteiger partial charge is 0.497 e. The fraction of sp³-hybridized carbons (Fsp3) is 0.333. The van der Waals surface area contributed by atoms with Crippen molar-refractivity contribution in [3.63, 3.8) is 0 Å². The lowest BCUT2D eigenvalue weighted by atomic mass is 9.73. The maximum atomic E-state index is 13.3. The number of methoxy groups -OCH3 is 2. The second kappa shape index (κ2) is 7.74. The lowest BCUT2D eigenvalue weighted by Gasteiger charge is -2.35. The van der Waals surface area contributed by atoms with Crippen LogP contribution in [-0.2, 0) is 9.59 Å². The van der Waals surface area contributed by atoms with Gasteiger partial charge in [-0.1, -0.05) is 29.8 Å². The molecule has 1 amide bonds. The number of carbonyl (C=O) groups excluding carboxylic acids is 2. The van der Waals surface area contributed by atoms with Gasteiger partial charge in [0, 0.05) is 41.5 Å². The number of ether oxygens (including phenoxy) is 2. The summed E-state index contributed by atoms with van der Waals surface area (Å²) < 4.78 is 10.9. The molecule has 1 heterocycles. The van der Waals surface area contributed by atoms with Crippen LogP contribution in [-0.4, -0.2) is 25.9 Å². The van der Waals surface area contributed by atoms with E-state index in [4.69, 9.17) is 9.47 Å². The summed E-state index contributed by atoms with van der Waals surface area (Å²) in [6.07, 6.45) is 1.29. The number of Topliss-reactive ketones (excluding diaryl/α,β-unsaturated/α-hetero) is 1. The number of hydrogen-bond acceptors (Lipinski definition) is 4. The van der Waals surface area contributed by atoms with Crippen LogP contribution < -0.4 is 14.8 Å². The number of ketones is 1. The van der Waals surface area contributed by atoms with Gasteiger partial charge in [0.05, 0.1) is 14.2 Å². The molecule has 2 aliphatic rings.